The quantitative estimate of drug-likeness (QED) is 0.918. The maximum absolute atomic E-state index is 5.63. The molecule has 0 saturated heterocycles. The zero-order chi connectivity index (χ0) is 11.7. The van der Waals surface area contributed by atoms with E-state index in [2.05, 4.69) is 46.9 Å². The van der Waals surface area contributed by atoms with Crippen LogP contribution >= 0.6 is 27.3 Å². The highest BCUT2D eigenvalue weighted by atomic mass is 79.9. The minimum atomic E-state index is 0.635. The molecule has 1 aromatic heterocycles. The van der Waals surface area contributed by atoms with E-state index >= 15 is 0 Å². The summed E-state index contributed by atoms with van der Waals surface area (Å²) in [6, 6.07) is 4.34. The Bertz CT molecular complexity index is 496. The molecule has 0 radical (unpaired) electrons. The molecule has 0 atom stereocenters. The molecule has 0 spiro atoms. The number of aromatic nitrogens is 1. The number of halogens is 1. The fraction of sp³-hybridized carbons (Fsp3) is 0.250. The molecule has 2 nitrogen and oxygen atoms in total. The average molecular weight is 297 g/mol. The summed E-state index contributed by atoms with van der Waals surface area (Å²) >= 11 is 5.17. The lowest BCUT2D eigenvalue weighted by molar-refractivity contribution is 1.15. The van der Waals surface area contributed by atoms with Gasteiger partial charge in [0.2, 0.25) is 0 Å². The van der Waals surface area contributed by atoms with Crippen LogP contribution in [-0.4, -0.2) is 4.98 Å². The molecule has 2 N–H and O–H groups in total. The second kappa shape index (κ2) is 4.55. The Labute approximate surface area is 108 Å². The summed E-state index contributed by atoms with van der Waals surface area (Å²) in [7, 11) is 0. The van der Waals surface area contributed by atoms with Gasteiger partial charge in [-0.2, -0.15) is 0 Å². The van der Waals surface area contributed by atoms with Crippen molar-refractivity contribution in [2.75, 3.05) is 5.73 Å². The van der Waals surface area contributed by atoms with Crippen molar-refractivity contribution in [3.8, 4) is 0 Å². The number of nitrogens with two attached hydrogens (primary N) is 1. The fourth-order valence-electron chi connectivity index (χ4n) is 1.75. The van der Waals surface area contributed by atoms with Crippen molar-refractivity contribution in [2.45, 2.75) is 20.3 Å². The summed E-state index contributed by atoms with van der Waals surface area (Å²) in [6.45, 7) is 4.24. The number of nitrogen functional groups attached to an aromatic ring is 1. The van der Waals surface area contributed by atoms with Gasteiger partial charge in [-0.1, -0.05) is 22.0 Å². The maximum atomic E-state index is 5.63. The molecule has 0 unspecified atom stereocenters. The van der Waals surface area contributed by atoms with Crippen LogP contribution in [0, 0.1) is 13.8 Å². The van der Waals surface area contributed by atoms with Crippen LogP contribution in [0.1, 0.15) is 21.6 Å². The Morgan fingerprint density at radius 2 is 2.12 bits per heavy atom. The second-order valence-corrected chi connectivity index (χ2v) is 5.88. The van der Waals surface area contributed by atoms with Gasteiger partial charge in [-0.25, -0.2) is 4.98 Å². The molecule has 0 aliphatic carbocycles. The first-order valence-corrected chi connectivity index (χ1v) is 6.63. The van der Waals surface area contributed by atoms with E-state index in [1.54, 1.807) is 11.3 Å². The molecule has 4 heteroatoms. The smallest absolute Gasteiger partial charge is 0.180 e. The highest BCUT2D eigenvalue weighted by Gasteiger charge is 2.08. The number of hydrogen-bond acceptors (Lipinski definition) is 3. The van der Waals surface area contributed by atoms with E-state index < -0.39 is 0 Å². The number of anilines is 1. The van der Waals surface area contributed by atoms with Crippen LogP contribution in [-0.2, 0) is 6.42 Å². The third kappa shape index (κ3) is 2.44. The molecule has 16 heavy (non-hydrogen) atoms. The van der Waals surface area contributed by atoms with Gasteiger partial charge in [0.05, 0.1) is 0 Å². The third-order valence-electron chi connectivity index (χ3n) is 2.49. The highest BCUT2D eigenvalue weighted by Crippen LogP contribution is 2.27. The zero-order valence-electron chi connectivity index (χ0n) is 9.25. The SMILES string of the molecule is Cc1cc(C)c(Cc2cnc(N)s2)c(Br)c1. The molecule has 0 saturated carbocycles. The third-order valence-corrected chi connectivity index (χ3v) is 4.02. The summed E-state index contributed by atoms with van der Waals surface area (Å²) in [5.74, 6) is 0. The second-order valence-electron chi connectivity index (χ2n) is 3.88. The summed E-state index contributed by atoms with van der Waals surface area (Å²) in [4.78, 5) is 5.27. The lowest BCUT2D eigenvalue weighted by Crippen LogP contribution is -1.92. The monoisotopic (exact) mass is 296 g/mol. The van der Waals surface area contributed by atoms with E-state index in [1.807, 2.05) is 6.20 Å². The number of aryl methyl sites for hydroxylation is 2. The van der Waals surface area contributed by atoms with E-state index in [4.69, 9.17) is 5.73 Å². The van der Waals surface area contributed by atoms with E-state index in [1.165, 1.54) is 21.6 Å². The van der Waals surface area contributed by atoms with Crippen LogP contribution in [0.5, 0.6) is 0 Å². The predicted molar refractivity (Wildman–Crippen MR) is 72.9 cm³/mol. The van der Waals surface area contributed by atoms with Crippen molar-refractivity contribution in [2.24, 2.45) is 0 Å². The van der Waals surface area contributed by atoms with Gasteiger partial charge in [-0.3, -0.25) is 0 Å². The first-order valence-electron chi connectivity index (χ1n) is 5.02. The number of benzene rings is 1. The van der Waals surface area contributed by atoms with Crippen molar-refractivity contribution in [3.05, 3.63) is 44.4 Å². The molecule has 0 amide bonds. The molecule has 0 aliphatic rings. The van der Waals surface area contributed by atoms with Crippen LogP contribution in [0.3, 0.4) is 0 Å². The zero-order valence-corrected chi connectivity index (χ0v) is 11.7. The van der Waals surface area contributed by atoms with E-state index in [9.17, 15) is 0 Å². The normalized spacial score (nSPS) is 10.7. The largest absolute Gasteiger partial charge is 0.375 e. The van der Waals surface area contributed by atoms with Gasteiger partial charge in [0.25, 0.3) is 0 Å². The van der Waals surface area contributed by atoms with Gasteiger partial charge in [-0.05, 0) is 36.6 Å². The summed E-state index contributed by atoms with van der Waals surface area (Å²) in [5.41, 5.74) is 9.52. The van der Waals surface area contributed by atoms with Gasteiger partial charge in [-0.15, -0.1) is 11.3 Å². The van der Waals surface area contributed by atoms with Crippen LogP contribution in [0.2, 0.25) is 0 Å². The van der Waals surface area contributed by atoms with Crippen molar-refractivity contribution >= 4 is 32.4 Å². The lowest BCUT2D eigenvalue weighted by atomic mass is 10.0. The molecule has 1 aromatic carbocycles. The standard InChI is InChI=1S/C12H13BrN2S/c1-7-3-8(2)10(11(13)4-7)5-9-6-15-12(14)16-9/h3-4,6H,5H2,1-2H3,(H2,14,15). The Hall–Kier alpha value is -0.870. The average Bonchev–Trinajstić information content (AvgIpc) is 2.58. The van der Waals surface area contributed by atoms with Gasteiger partial charge in [0.1, 0.15) is 0 Å². The summed E-state index contributed by atoms with van der Waals surface area (Å²) < 4.78 is 1.16. The summed E-state index contributed by atoms with van der Waals surface area (Å²) in [5, 5.41) is 0.635. The van der Waals surface area contributed by atoms with E-state index in [-0.39, 0.29) is 0 Å². The Balaban J connectivity index is 2.34. The van der Waals surface area contributed by atoms with Crippen LogP contribution in [0.4, 0.5) is 5.13 Å². The van der Waals surface area contributed by atoms with Crippen molar-refractivity contribution < 1.29 is 0 Å². The first kappa shape index (κ1) is 11.6. The molecule has 1 heterocycles. The molecule has 0 aliphatic heterocycles. The topological polar surface area (TPSA) is 38.9 Å². The fourth-order valence-corrected chi connectivity index (χ4v) is 3.26. The highest BCUT2D eigenvalue weighted by molar-refractivity contribution is 9.10. The first-order chi connectivity index (χ1) is 7.56. The number of thiazole rings is 1. The molecular formula is C12H13BrN2S. The predicted octanol–water partition coefficient (Wildman–Crippen LogP) is 3.70. The maximum Gasteiger partial charge on any atom is 0.180 e. The minimum absolute atomic E-state index is 0.635. The van der Waals surface area contributed by atoms with Gasteiger partial charge in [0.15, 0.2) is 5.13 Å². The molecule has 2 rings (SSSR count). The van der Waals surface area contributed by atoms with Gasteiger partial charge < -0.3 is 5.73 Å². The van der Waals surface area contributed by atoms with Crippen molar-refractivity contribution in [1.82, 2.24) is 4.98 Å². The number of nitrogens with zero attached hydrogens (tertiary/aromatic N) is 1. The van der Waals surface area contributed by atoms with Crippen LogP contribution in [0.25, 0.3) is 0 Å². The molecule has 84 valence electrons. The van der Waals surface area contributed by atoms with Crippen LogP contribution in [0.15, 0.2) is 22.8 Å². The van der Waals surface area contributed by atoms with Gasteiger partial charge in [0, 0.05) is 22.0 Å². The molecule has 0 bridgehead atoms. The summed E-state index contributed by atoms with van der Waals surface area (Å²) in [6.07, 6.45) is 2.74. The Kier molecular flexibility index (Phi) is 3.30. The van der Waals surface area contributed by atoms with Crippen molar-refractivity contribution in [3.63, 3.8) is 0 Å². The lowest BCUT2D eigenvalue weighted by Gasteiger charge is -2.08. The van der Waals surface area contributed by atoms with Gasteiger partial charge >= 0.3 is 0 Å². The molecular weight excluding hydrogens is 284 g/mol. The Morgan fingerprint density at radius 3 is 2.69 bits per heavy atom. The Morgan fingerprint density at radius 1 is 1.38 bits per heavy atom. The van der Waals surface area contributed by atoms with E-state index in [0.29, 0.717) is 5.13 Å². The molecule has 2 aromatic rings. The van der Waals surface area contributed by atoms with E-state index in [0.717, 1.165) is 10.9 Å². The number of hydrogen-bond donors (Lipinski definition) is 1. The molecule has 0 fully saturated rings. The number of rotatable bonds is 2. The van der Waals surface area contributed by atoms with Crippen molar-refractivity contribution in [1.29, 1.82) is 0 Å². The minimum Gasteiger partial charge on any atom is -0.375 e. The van der Waals surface area contributed by atoms with Crippen LogP contribution < -0.4 is 5.73 Å².